The molecule has 114 valence electrons. The van der Waals surface area contributed by atoms with Gasteiger partial charge in [0, 0.05) is 5.92 Å². The van der Waals surface area contributed by atoms with E-state index in [0.29, 0.717) is 5.92 Å². The SMILES string of the molecule is Nc1c(F)cccc1S(=O)(=O)NC(=O)C1CC2CCC1C2. The number of fused-ring (bicyclic) bond motifs is 2. The molecule has 2 aliphatic carbocycles. The van der Waals surface area contributed by atoms with E-state index >= 15 is 0 Å². The number of anilines is 1. The quantitative estimate of drug-likeness (QED) is 0.831. The predicted molar refractivity (Wildman–Crippen MR) is 75.1 cm³/mol. The van der Waals surface area contributed by atoms with E-state index in [1.54, 1.807) is 0 Å². The highest BCUT2D eigenvalue weighted by Crippen LogP contribution is 2.48. The van der Waals surface area contributed by atoms with Crippen LogP contribution in [0.15, 0.2) is 23.1 Å². The molecule has 7 heteroatoms. The van der Waals surface area contributed by atoms with E-state index in [1.807, 2.05) is 0 Å². The van der Waals surface area contributed by atoms with Crippen molar-refractivity contribution < 1.29 is 17.6 Å². The third-order valence-corrected chi connectivity index (χ3v) is 6.02. The van der Waals surface area contributed by atoms with Crippen LogP contribution in [0.5, 0.6) is 0 Å². The first-order valence-corrected chi connectivity index (χ1v) is 8.47. The van der Waals surface area contributed by atoms with Gasteiger partial charge in [0.1, 0.15) is 10.7 Å². The van der Waals surface area contributed by atoms with Crippen LogP contribution in [0.4, 0.5) is 10.1 Å². The summed E-state index contributed by atoms with van der Waals surface area (Å²) in [7, 11) is -4.13. The molecule has 0 spiro atoms. The van der Waals surface area contributed by atoms with Gasteiger partial charge < -0.3 is 5.73 Å². The number of para-hydroxylation sites is 1. The molecule has 1 aromatic rings. The fourth-order valence-corrected chi connectivity index (χ4v) is 4.75. The van der Waals surface area contributed by atoms with Gasteiger partial charge in [-0.2, -0.15) is 0 Å². The van der Waals surface area contributed by atoms with Gasteiger partial charge in [0.05, 0.1) is 5.69 Å². The second-order valence-corrected chi connectivity index (χ2v) is 7.55. The molecule has 3 rings (SSSR count). The van der Waals surface area contributed by atoms with E-state index in [4.69, 9.17) is 5.73 Å². The Morgan fingerprint density at radius 3 is 2.67 bits per heavy atom. The second kappa shape index (κ2) is 4.98. The summed E-state index contributed by atoms with van der Waals surface area (Å²) in [4.78, 5) is 11.8. The molecule has 0 aromatic heterocycles. The molecule has 0 aliphatic heterocycles. The molecule has 2 fully saturated rings. The normalized spacial score (nSPS) is 27.8. The zero-order valence-corrected chi connectivity index (χ0v) is 12.2. The van der Waals surface area contributed by atoms with E-state index in [1.165, 1.54) is 12.1 Å². The van der Waals surface area contributed by atoms with Crippen LogP contribution in [0, 0.1) is 23.6 Å². The molecule has 3 N–H and O–H groups in total. The van der Waals surface area contributed by atoms with Crippen LogP contribution in [-0.2, 0) is 14.8 Å². The zero-order valence-electron chi connectivity index (χ0n) is 11.4. The van der Waals surface area contributed by atoms with Crippen LogP contribution < -0.4 is 10.5 Å². The van der Waals surface area contributed by atoms with Crippen molar-refractivity contribution in [3.05, 3.63) is 24.0 Å². The van der Waals surface area contributed by atoms with Crippen LogP contribution in [0.3, 0.4) is 0 Å². The molecule has 2 saturated carbocycles. The van der Waals surface area contributed by atoms with Crippen molar-refractivity contribution in [3.63, 3.8) is 0 Å². The Labute approximate surface area is 122 Å². The minimum atomic E-state index is -4.13. The van der Waals surface area contributed by atoms with Gasteiger partial charge in [0.2, 0.25) is 5.91 Å². The predicted octanol–water partition coefficient (Wildman–Crippen LogP) is 1.65. The summed E-state index contributed by atoms with van der Waals surface area (Å²) < 4.78 is 39.8. The number of amides is 1. The highest BCUT2D eigenvalue weighted by Gasteiger charge is 2.44. The Morgan fingerprint density at radius 2 is 2.05 bits per heavy atom. The maximum Gasteiger partial charge on any atom is 0.266 e. The lowest BCUT2D eigenvalue weighted by Crippen LogP contribution is -2.38. The zero-order chi connectivity index (χ0) is 15.2. The Balaban J connectivity index is 1.80. The van der Waals surface area contributed by atoms with Crippen LogP contribution in [0.25, 0.3) is 0 Å². The van der Waals surface area contributed by atoms with Crippen LogP contribution in [-0.4, -0.2) is 14.3 Å². The van der Waals surface area contributed by atoms with Crippen molar-refractivity contribution in [1.29, 1.82) is 0 Å². The third-order valence-electron chi connectivity index (χ3n) is 4.61. The summed E-state index contributed by atoms with van der Waals surface area (Å²) >= 11 is 0. The topological polar surface area (TPSA) is 89.3 Å². The summed E-state index contributed by atoms with van der Waals surface area (Å²) in [6.45, 7) is 0. The van der Waals surface area contributed by atoms with E-state index in [0.717, 1.165) is 31.7 Å². The Hall–Kier alpha value is -1.63. The number of hydrogen-bond acceptors (Lipinski definition) is 4. The number of carbonyl (C=O) groups excluding carboxylic acids is 1. The number of nitrogen functional groups attached to an aromatic ring is 1. The van der Waals surface area contributed by atoms with Gasteiger partial charge in [0.15, 0.2) is 0 Å². The van der Waals surface area contributed by atoms with Crippen LogP contribution in [0.1, 0.15) is 25.7 Å². The Bertz CT molecular complexity index is 689. The standard InChI is InChI=1S/C14H17FN2O3S/c15-11-2-1-3-12(13(11)16)21(19,20)17-14(18)10-7-8-4-5-9(10)6-8/h1-3,8-10H,4-7,16H2,(H,17,18). The summed E-state index contributed by atoms with van der Waals surface area (Å²) in [5.74, 6) is -0.757. The summed E-state index contributed by atoms with van der Waals surface area (Å²) in [5.41, 5.74) is 4.99. The first-order chi connectivity index (χ1) is 9.88. The lowest BCUT2D eigenvalue weighted by atomic mass is 9.88. The number of nitrogens with two attached hydrogens (primary N) is 1. The van der Waals surface area contributed by atoms with E-state index in [9.17, 15) is 17.6 Å². The second-order valence-electron chi connectivity index (χ2n) is 5.90. The number of nitrogens with one attached hydrogen (secondary N) is 1. The summed E-state index contributed by atoms with van der Waals surface area (Å²) in [5, 5.41) is 0. The van der Waals surface area contributed by atoms with Crippen molar-refractivity contribution in [2.45, 2.75) is 30.6 Å². The van der Waals surface area contributed by atoms with Gasteiger partial charge >= 0.3 is 0 Å². The fraction of sp³-hybridized carbons (Fsp3) is 0.500. The Morgan fingerprint density at radius 1 is 1.29 bits per heavy atom. The average Bonchev–Trinajstić information content (AvgIpc) is 3.03. The van der Waals surface area contributed by atoms with Gasteiger partial charge in [-0.3, -0.25) is 4.79 Å². The van der Waals surface area contributed by atoms with Crippen molar-refractivity contribution in [3.8, 4) is 0 Å². The maximum absolute atomic E-state index is 13.4. The molecule has 3 unspecified atom stereocenters. The van der Waals surface area contributed by atoms with Crippen molar-refractivity contribution in [1.82, 2.24) is 4.72 Å². The van der Waals surface area contributed by atoms with Gasteiger partial charge in [-0.15, -0.1) is 0 Å². The smallest absolute Gasteiger partial charge is 0.266 e. The summed E-state index contributed by atoms with van der Waals surface area (Å²) in [6.07, 6.45) is 3.84. The molecular formula is C14H17FN2O3S. The first kappa shape index (κ1) is 14.3. The van der Waals surface area contributed by atoms with Crippen molar-refractivity contribution in [2.24, 2.45) is 17.8 Å². The minimum Gasteiger partial charge on any atom is -0.395 e. The van der Waals surface area contributed by atoms with Gasteiger partial charge in [0.25, 0.3) is 10.0 Å². The molecule has 2 aliphatic rings. The lowest BCUT2D eigenvalue weighted by Gasteiger charge is -2.20. The first-order valence-electron chi connectivity index (χ1n) is 6.99. The third kappa shape index (κ3) is 2.50. The van der Waals surface area contributed by atoms with Crippen molar-refractivity contribution in [2.75, 3.05) is 5.73 Å². The number of hydrogen-bond donors (Lipinski definition) is 2. The van der Waals surface area contributed by atoms with Gasteiger partial charge in [-0.25, -0.2) is 17.5 Å². The Kier molecular flexibility index (Phi) is 3.39. The number of sulfonamides is 1. The van der Waals surface area contributed by atoms with Gasteiger partial charge in [-0.05, 0) is 43.2 Å². The molecule has 5 nitrogen and oxygen atoms in total. The molecule has 0 saturated heterocycles. The number of halogens is 1. The molecule has 2 bridgehead atoms. The average molecular weight is 312 g/mol. The monoisotopic (exact) mass is 312 g/mol. The number of rotatable bonds is 3. The minimum absolute atomic E-state index is 0.256. The molecule has 1 aromatic carbocycles. The van der Waals surface area contributed by atoms with Crippen LogP contribution >= 0.6 is 0 Å². The van der Waals surface area contributed by atoms with Gasteiger partial charge in [-0.1, -0.05) is 12.5 Å². The molecular weight excluding hydrogens is 295 g/mol. The summed E-state index contributed by atoms with van der Waals surface area (Å²) in [6, 6.07) is 3.52. The number of benzene rings is 1. The van der Waals surface area contributed by atoms with Crippen molar-refractivity contribution >= 4 is 21.6 Å². The molecule has 0 heterocycles. The highest BCUT2D eigenvalue weighted by atomic mass is 32.2. The van der Waals surface area contributed by atoms with Crippen LogP contribution in [0.2, 0.25) is 0 Å². The molecule has 1 amide bonds. The van der Waals surface area contributed by atoms with E-state index in [2.05, 4.69) is 4.72 Å². The molecule has 0 radical (unpaired) electrons. The molecule has 21 heavy (non-hydrogen) atoms. The van der Waals surface area contributed by atoms with E-state index < -0.39 is 27.4 Å². The van der Waals surface area contributed by atoms with E-state index in [-0.39, 0.29) is 16.7 Å². The number of carbonyl (C=O) groups is 1. The highest BCUT2D eigenvalue weighted by molar-refractivity contribution is 7.90. The molecule has 3 atom stereocenters. The fourth-order valence-electron chi connectivity index (χ4n) is 3.58. The lowest BCUT2D eigenvalue weighted by molar-refractivity contribution is -0.124. The largest absolute Gasteiger partial charge is 0.395 e. The maximum atomic E-state index is 13.4.